The molecule has 3 nitrogen and oxygen atoms in total. The van der Waals surface area contributed by atoms with Gasteiger partial charge in [0.05, 0.1) is 4.90 Å². The van der Waals surface area contributed by atoms with E-state index in [1.54, 1.807) is 18.2 Å². The highest BCUT2D eigenvalue weighted by molar-refractivity contribution is 9.10. The lowest BCUT2D eigenvalue weighted by Crippen LogP contribution is -2.32. The molecule has 1 aromatic rings. The molecule has 0 aliphatic carbocycles. The van der Waals surface area contributed by atoms with Gasteiger partial charge in [-0.25, -0.2) is 8.42 Å². The van der Waals surface area contributed by atoms with Gasteiger partial charge in [0.1, 0.15) is 0 Å². The Hall–Kier alpha value is -0.650. The summed E-state index contributed by atoms with van der Waals surface area (Å²) in [5, 5.41) is 0. The zero-order chi connectivity index (χ0) is 13.8. The van der Waals surface area contributed by atoms with E-state index in [2.05, 4.69) is 22.5 Å². The Labute approximate surface area is 118 Å². The molecule has 0 heterocycles. The lowest BCUT2D eigenvalue weighted by atomic mass is 10.2. The predicted molar refractivity (Wildman–Crippen MR) is 78.1 cm³/mol. The van der Waals surface area contributed by atoms with E-state index >= 15 is 0 Å². The average Bonchev–Trinajstić information content (AvgIpc) is 2.28. The van der Waals surface area contributed by atoms with Crippen molar-refractivity contribution in [2.45, 2.75) is 25.2 Å². The van der Waals surface area contributed by atoms with Crippen molar-refractivity contribution in [3.05, 3.63) is 40.9 Å². The van der Waals surface area contributed by atoms with Crippen LogP contribution in [0.15, 0.2) is 40.2 Å². The molecule has 1 rings (SSSR count). The summed E-state index contributed by atoms with van der Waals surface area (Å²) < 4.78 is 27.0. The molecule has 1 aromatic carbocycles. The normalized spacial score (nSPS) is 11.8. The summed E-state index contributed by atoms with van der Waals surface area (Å²) in [7, 11) is -3.46. The highest BCUT2D eigenvalue weighted by atomic mass is 79.9. The number of sulfonamides is 1. The fourth-order valence-electron chi connectivity index (χ4n) is 1.66. The number of hydrogen-bond donors (Lipinski definition) is 0. The van der Waals surface area contributed by atoms with E-state index in [-0.39, 0.29) is 0 Å². The molecule has 18 heavy (non-hydrogen) atoms. The first-order valence-electron chi connectivity index (χ1n) is 5.80. The van der Waals surface area contributed by atoms with Crippen molar-refractivity contribution < 1.29 is 8.42 Å². The summed E-state index contributed by atoms with van der Waals surface area (Å²) >= 11 is 3.32. The van der Waals surface area contributed by atoms with Gasteiger partial charge in [-0.2, -0.15) is 4.31 Å². The van der Waals surface area contributed by atoms with E-state index in [0.29, 0.717) is 22.5 Å². The molecule has 0 aliphatic rings. The van der Waals surface area contributed by atoms with Crippen LogP contribution in [0.2, 0.25) is 0 Å². The topological polar surface area (TPSA) is 37.4 Å². The molecule has 5 heteroatoms. The van der Waals surface area contributed by atoms with Crippen molar-refractivity contribution in [2.24, 2.45) is 0 Å². The maximum atomic E-state index is 12.5. The second-order valence-electron chi connectivity index (χ2n) is 4.09. The predicted octanol–water partition coefficient (Wildman–Crippen LogP) is 3.34. The van der Waals surface area contributed by atoms with Crippen LogP contribution in [0.3, 0.4) is 0 Å². The Morgan fingerprint density at radius 1 is 1.44 bits per heavy atom. The van der Waals surface area contributed by atoms with Gasteiger partial charge in [0.15, 0.2) is 0 Å². The standard InChI is InChI=1S/C13H18BrNO2S/c1-4-8-15(9-5-2)18(16,17)13-7-6-11(3)10-12(13)14/h4,6-7,10H,1,5,8-9H2,2-3H3. The van der Waals surface area contributed by atoms with Crippen LogP contribution in [0.25, 0.3) is 0 Å². The molecule has 0 aliphatic heterocycles. The average molecular weight is 332 g/mol. The number of nitrogens with zero attached hydrogens (tertiary/aromatic N) is 1. The Morgan fingerprint density at radius 3 is 2.61 bits per heavy atom. The fraction of sp³-hybridized carbons (Fsp3) is 0.385. The minimum Gasteiger partial charge on any atom is -0.207 e. The molecule has 0 unspecified atom stereocenters. The summed E-state index contributed by atoms with van der Waals surface area (Å²) in [6.07, 6.45) is 2.38. The smallest absolute Gasteiger partial charge is 0.207 e. The van der Waals surface area contributed by atoms with Crippen LogP contribution in [0.4, 0.5) is 0 Å². The van der Waals surface area contributed by atoms with E-state index in [0.717, 1.165) is 12.0 Å². The number of halogens is 1. The molecular formula is C13H18BrNO2S. The van der Waals surface area contributed by atoms with Gasteiger partial charge in [-0.05, 0) is 47.0 Å². The third-order valence-electron chi connectivity index (χ3n) is 2.51. The van der Waals surface area contributed by atoms with Crippen LogP contribution >= 0.6 is 15.9 Å². The number of hydrogen-bond acceptors (Lipinski definition) is 2. The summed E-state index contributed by atoms with van der Waals surface area (Å²) in [4.78, 5) is 0.309. The van der Waals surface area contributed by atoms with Crippen molar-refractivity contribution in [1.29, 1.82) is 0 Å². The van der Waals surface area contributed by atoms with E-state index < -0.39 is 10.0 Å². The number of aryl methyl sites for hydroxylation is 1. The molecule has 0 bridgehead atoms. The minimum absolute atomic E-state index is 0.309. The Bertz CT molecular complexity index is 526. The SMILES string of the molecule is C=CCN(CCC)S(=O)(=O)c1ccc(C)cc1Br. The monoisotopic (exact) mass is 331 g/mol. The van der Waals surface area contributed by atoms with Gasteiger partial charge >= 0.3 is 0 Å². The van der Waals surface area contributed by atoms with Crippen molar-refractivity contribution >= 4 is 26.0 Å². The second kappa shape index (κ2) is 6.50. The molecule has 0 aromatic heterocycles. The van der Waals surface area contributed by atoms with E-state index in [9.17, 15) is 8.42 Å². The third-order valence-corrected chi connectivity index (χ3v) is 5.35. The molecule has 0 fully saturated rings. The first-order chi connectivity index (χ1) is 8.43. The molecule has 0 spiro atoms. The van der Waals surface area contributed by atoms with Crippen LogP contribution in [-0.2, 0) is 10.0 Å². The largest absolute Gasteiger partial charge is 0.244 e. The van der Waals surface area contributed by atoms with Gasteiger partial charge in [0.25, 0.3) is 0 Å². The quantitative estimate of drug-likeness (QED) is 0.749. The molecular weight excluding hydrogens is 314 g/mol. The minimum atomic E-state index is -3.46. The lowest BCUT2D eigenvalue weighted by molar-refractivity contribution is 0.441. The molecule has 0 radical (unpaired) electrons. The Balaban J connectivity index is 3.21. The second-order valence-corrected chi connectivity index (χ2v) is 6.85. The summed E-state index contributed by atoms with van der Waals surface area (Å²) in [6.45, 7) is 8.31. The highest BCUT2D eigenvalue weighted by Gasteiger charge is 2.24. The maximum Gasteiger partial charge on any atom is 0.244 e. The zero-order valence-electron chi connectivity index (χ0n) is 10.7. The van der Waals surface area contributed by atoms with E-state index in [1.807, 2.05) is 19.9 Å². The summed E-state index contributed by atoms with van der Waals surface area (Å²) in [5.41, 5.74) is 1.02. The van der Waals surface area contributed by atoms with E-state index in [1.165, 1.54) is 4.31 Å². The van der Waals surface area contributed by atoms with Crippen molar-refractivity contribution in [3.63, 3.8) is 0 Å². The van der Waals surface area contributed by atoms with Gasteiger partial charge in [0.2, 0.25) is 10.0 Å². The van der Waals surface area contributed by atoms with Crippen LogP contribution in [0, 0.1) is 6.92 Å². The Kier molecular flexibility index (Phi) is 5.56. The van der Waals surface area contributed by atoms with Crippen LogP contribution < -0.4 is 0 Å². The van der Waals surface area contributed by atoms with Gasteiger partial charge < -0.3 is 0 Å². The fourth-order valence-corrected chi connectivity index (χ4v) is 4.31. The molecule has 0 amide bonds. The van der Waals surface area contributed by atoms with Crippen LogP contribution in [0.5, 0.6) is 0 Å². The first-order valence-corrected chi connectivity index (χ1v) is 8.04. The lowest BCUT2D eigenvalue weighted by Gasteiger charge is -2.20. The van der Waals surface area contributed by atoms with Gasteiger partial charge in [-0.1, -0.05) is 19.1 Å². The number of rotatable bonds is 6. The van der Waals surface area contributed by atoms with Gasteiger partial charge in [-0.3, -0.25) is 0 Å². The maximum absolute atomic E-state index is 12.5. The first kappa shape index (κ1) is 15.4. The summed E-state index contributed by atoms with van der Waals surface area (Å²) in [6, 6.07) is 5.25. The zero-order valence-corrected chi connectivity index (χ0v) is 13.1. The van der Waals surface area contributed by atoms with E-state index in [4.69, 9.17) is 0 Å². The third kappa shape index (κ3) is 3.43. The molecule has 0 atom stereocenters. The van der Waals surface area contributed by atoms with Crippen molar-refractivity contribution in [2.75, 3.05) is 13.1 Å². The number of benzene rings is 1. The van der Waals surface area contributed by atoms with Crippen molar-refractivity contribution in [1.82, 2.24) is 4.31 Å². The molecule has 100 valence electrons. The molecule has 0 saturated carbocycles. The molecule has 0 N–H and O–H groups in total. The molecule has 0 saturated heterocycles. The van der Waals surface area contributed by atoms with Gasteiger partial charge in [-0.15, -0.1) is 6.58 Å². The van der Waals surface area contributed by atoms with Crippen LogP contribution in [-0.4, -0.2) is 25.8 Å². The van der Waals surface area contributed by atoms with Crippen LogP contribution in [0.1, 0.15) is 18.9 Å². The summed E-state index contributed by atoms with van der Waals surface area (Å²) in [5.74, 6) is 0. The van der Waals surface area contributed by atoms with Gasteiger partial charge in [0, 0.05) is 17.6 Å². The Morgan fingerprint density at radius 2 is 2.11 bits per heavy atom. The highest BCUT2D eigenvalue weighted by Crippen LogP contribution is 2.26. The van der Waals surface area contributed by atoms with Crippen molar-refractivity contribution in [3.8, 4) is 0 Å².